The first-order valence-electron chi connectivity index (χ1n) is 9.35. The molecule has 0 saturated carbocycles. The van der Waals surface area contributed by atoms with Crippen LogP contribution in [0.3, 0.4) is 0 Å². The third-order valence-electron chi connectivity index (χ3n) is 4.77. The van der Waals surface area contributed by atoms with E-state index in [9.17, 15) is 4.79 Å². The minimum Gasteiger partial charge on any atom is -0.493 e. The number of ether oxygens (including phenoxy) is 3. The van der Waals surface area contributed by atoms with Crippen LogP contribution in [0.25, 0.3) is 16.9 Å². The minimum absolute atomic E-state index is 0.434. The van der Waals surface area contributed by atoms with E-state index in [1.807, 2.05) is 16.8 Å². The van der Waals surface area contributed by atoms with E-state index in [4.69, 9.17) is 24.9 Å². The second-order valence-electron chi connectivity index (χ2n) is 6.61. The molecule has 1 amide bonds. The fraction of sp³-hybridized carbons (Fsp3) is 0.136. The molecule has 3 N–H and O–H groups in total. The van der Waals surface area contributed by atoms with Crippen molar-refractivity contribution in [3.05, 3.63) is 60.6 Å². The molecule has 0 unspecified atom stereocenters. The molecule has 4 aromatic rings. The number of hydrogen-bond acceptors (Lipinski definition) is 7. The van der Waals surface area contributed by atoms with Crippen LogP contribution < -0.4 is 25.3 Å². The highest BCUT2D eigenvalue weighted by molar-refractivity contribution is 5.93. The molecule has 9 nitrogen and oxygen atoms in total. The summed E-state index contributed by atoms with van der Waals surface area (Å²) in [6.07, 6.45) is 5.39. The largest absolute Gasteiger partial charge is 0.493 e. The molecule has 9 heteroatoms. The summed E-state index contributed by atoms with van der Waals surface area (Å²) in [5, 5.41) is 3.29. The van der Waals surface area contributed by atoms with Gasteiger partial charge in [0.25, 0.3) is 0 Å². The van der Waals surface area contributed by atoms with Crippen molar-refractivity contribution < 1.29 is 19.0 Å². The Bertz CT molecular complexity index is 1230. The van der Waals surface area contributed by atoms with Gasteiger partial charge in [-0.15, -0.1) is 0 Å². The summed E-state index contributed by atoms with van der Waals surface area (Å²) in [6.45, 7) is 0. The van der Waals surface area contributed by atoms with Crippen LogP contribution in [0, 0.1) is 0 Å². The van der Waals surface area contributed by atoms with Gasteiger partial charge in [-0.3, -0.25) is 4.79 Å². The van der Waals surface area contributed by atoms with Gasteiger partial charge < -0.3 is 29.7 Å². The molecule has 0 aliphatic carbocycles. The SMILES string of the molecule is COc1cc(Nc2nc(-c3ccc(C(N)=O)cc3)cn3ccnc23)cc(OC)c1OC. The molecule has 0 atom stereocenters. The van der Waals surface area contributed by atoms with E-state index in [0.29, 0.717) is 45.7 Å². The van der Waals surface area contributed by atoms with Crippen molar-refractivity contribution >= 4 is 23.1 Å². The van der Waals surface area contributed by atoms with E-state index < -0.39 is 5.91 Å². The number of nitrogens with one attached hydrogen (secondary N) is 1. The first kappa shape index (κ1) is 20.0. The zero-order valence-electron chi connectivity index (χ0n) is 17.2. The number of fused-ring (bicyclic) bond motifs is 1. The number of rotatable bonds is 7. The highest BCUT2D eigenvalue weighted by atomic mass is 16.5. The maximum atomic E-state index is 11.4. The molecule has 0 aliphatic heterocycles. The van der Waals surface area contributed by atoms with Crippen molar-refractivity contribution in [3.8, 4) is 28.5 Å². The third kappa shape index (κ3) is 3.80. The maximum absolute atomic E-state index is 11.4. The normalized spacial score (nSPS) is 10.7. The Morgan fingerprint density at radius 3 is 2.29 bits per heavy atom. The Kier molecular flexibility index (Phi) is 5.31. The van der Waals surface area contributed by atoms with Crippen LogP contribution in [0.15, 0.2) is 55.0 Å². The molecule has 31 heavy (non-hydrogen) atoms. The van der Waals surface area contributed by atoms with Crippen LogP contribution in [0.5, 0.6) is 17.2 Å². The number of carbonyl (C=O) groups is 1. The van der Waals surface area contributed by atoms with Crippen LogP contribution in [0.2, 0.25) is 0 Å². The monoisotopic (exact) mass is 419 g/mol. The Balaban J connectivity index is 1.78. The molecule has 0 spiro atoms. The van der Waals surface area contributed by atoms with Crippen molar-refractivity contribution in [2.75, 3.05) is 26.6 Å². The number of carbonyl (C=O) groups excluding carboxylic acids is 1. The molecule has 0 bridgehead atoms. The Hall–Kier alpha value is -4.27. The van der Waals surface area contributed by atoms with Crippen LogP contribution in [0.4, 0.5) is 11.5 Å². The van der Waals surface area contributed by atoms with Gasteiger partial charge in [0, 0.05) is 47.5 Å². The van der Waals surface area contributed by atoms with E-state index in [1.165, 1.54) is 0 Å². The maximum Gasteiger partial charge on any atom is 0.248 e. The van der Waals surface area contributed by atoms with Crippen LogP contribution >= 0.6 is 0 Å². The number of methoxy groups -OCH3 is 3. The molecule has 158 valence electrons. The van der Waals surface area contributed by atoms with Gasteiger partial charge in [-0.05, 0) is 12.1 Å². The Morgan fingerprint density at radius 2 is 1.71 bits per heavy atom. The molecule has 0 saturated heterocycles. The van der Waals surface area contributed by atoms with Gasteiger partial charge >= 0.3 is 0 Å². The van der Waals surface area contributed by atoms with Crippen molar-refractivity contribution in [1.29, 1.82) is 0 Å². The topological polar surface area (TPSA) is 113 Å². The molecule has 2 aromatic heterocycles. The third-order valence-corrected chi connectivity index (χ3v) is 4.77. The fourth-order valence-electron chi connectivity index (χ4n) is 3.25. The lowest BCUT2D eigenvalue weighted by Gasteiger charge is -2.15. The van der Waals surface area contributed by atoms with Gasteiger partial charge in [-0.1, -0.05) is 12.1 Å². The quantitative estimate of drug-likeness (QED) is 0.473. The highest BCUT2D eigenvalue weighted by Crippen LogP contribution is 2.40. The van der Waals surface area contributed by atoms with E-state index in [-0.39, 0.29) is 0 Å². The van der Waals surface area contributed by atoms with Gasteiger partial charge in [0.2, 0.25) is 11.7 Å². The van der Waals surface area contributed by atoms with E-state index >= 15 is 0 Å². The van der Waals surface area contributed by atoms with Gasteiger partial charge in [0.1, 0.15) is 0 Å². The van der Waals surface area contributed by atoms with Crippen LogP contribution in [0.1, 0.15) is 10.4 Å². The standard InChI is InChI=1S/C22H21N5O4/c1-29-17-10-15(11-18(30-2)19(17)31-3)25-21-22-24-8-9-27(22)12-16(26-21)13-4-6-14(7-5-13)20(23)28/h4-12H,1-3H3,(H2,23,28)(H,25,26). The number of nitrogens with zero attached hydrogens (tertiary/aromatic N) is 3. The van der Waals surface area contributed by atoms with Gasteiger partial charge in [0.15, 0.2) is 23.0 Å². The Labute approximate surface area is 178 Å². The number of hydrogen-bond donors (Lipinski definition) is 2. The smallest absolute Gasteiger partial charge is 0.248 e. The van der Waals surface area contributed by atoms with Crippen LogP contribution in [-0.2, 0) is 0 Å². The lowest BCUT2D eigenvalue weighted by molar-refractivity contribution is 0.100. The number of aromatic nitrogens is 3. The number of benzene rings is 2. The van der Waals surface area contributed by atoms with Gasteiger partial charge in [-0.25, -0.2) is 9.97 Å². The van der Waals surface area contributed by atoms with Gasteiger partial charge in [0.05, 0.1) is 27.0 Å². The van der Waals surface area contributed by atoms with Crippen molar-refractivity contribution in [3.63, 3.8) is 0 Å². The predicted molar refractivity (Wildman–Crippen MR) is 116 cm³/mol. The molecule has 2 heterocycles. The lowest BCUT2D eigenvalue weighted by Crippen LogP contribution is -2.10. The second kappa shape index (κ2) is 8.23. The van der Waals surface area contributed by atoms with Crippen molar-refractivity contribution in [2.45, 2.75) is 0 Å². The Morgan fingerprint density at radius 1 is 1.03 bits per heavy atom. The number of imidazole rings is 1. The number of primary amides is 1. The summed E-state index contributed by atoms with van der Waals surface area (Å²) in [5.41, 5.74) is 8.62. The fourth-order valence-corrected chi connectivity index (χ4v) is 3.25. The molecule has 2 aromatic carbocycles. The first-order chi connectivity index (χ1) is 15.0. The van der Waals surface area contributed by atoms with E-state index in [0.717, 1.165) is 5.56 Å². The number of nitrogens with two attached hydrogens (primary N) is 1. The zero-order valence-corrected chi connectivity index (χ0v) is 17.2. The summed E-state index contributed by atoms with van der Waals surface area (Å²) >= 11 is 0. The van der Waals surface area contributed by atoms with Crippen LogP contribution in [-0.4, -0.2) is 41.6 Å². The molecule has 4 rings (SSSR count). The zero-order chi connectivity index (χ0) is 22.0. The highest BCUT2D eigenvalue weighted by Gasteiger charge is 2.16. The molecule has 0 aliphatic rings. The predicted octanol–water partition coefficient (Wildman–Crippen LogP) is 3.26. The summed E-state index contributed by atoms with van der Waals surface area (Å²) in [4.78, 5) is 20.5. The molecule has 0 fully saturated rings. The average Bonchev–Trinajstić information content (AvgIpc) is 3.27. The molecular weight excluding hydrogens is 398 g/mol. The first-order valence-corrected chi connectivity index (χ1v) is 9.35. The average molecular weight is 419 g/mol. The summed E-state index contributed by atoms with van der Waals surface area (Å²) in [6, 6.07) is 10.5. The number of anilines is 2. The van der Waals surface area contributed by atoms with E-state index in [1.54, 1.807) is 63.9 Å². The summed E-state index contributed by atoms with van der Waals surface area (Å²) < 4.78 is 18.1. The molecular formula is C22H21N5O4. The summed E-state index contributed by atoms with van der Waals surface area (Å²) in [7, 11) is 4.67. The number of amides is 1. The lowest BCUT2D eigenvalue weighted by atomic mass is 10.1. The summed E-state index contributed by atoms with van der Waals surface area (Å²) in [5.74, 6) is 1.59. The second-order valence-corrected chi connectivity index (χ2v) is 6.61. The molecule has 0 radical (unpaired) electrons. The van der Waals surface area contributed by atoms with Crippen molar-refractivity contribution in [2.24, 2.45) is 5.73 Å². The van der Waals surface area contributed by atoms with E-state index in [2.05, 4.69) is 10.3 Å². The van der Waals surface area contributed by atoms with Crippen molar-refractivity contribution in [1.82, 2.24) is 14.4 Å². The van der Waals surface area contributed by atoms with Gasteiger partial charge in [-0.2, -0.15) is 0 Å². The minimum atomic E-state index is -0.477.